The smallest absolute Gasteiger partial charge is 0.336 e. The Kier molecular flexibility index (Phi) is 7.76. The molecule has 2 heterocycles. The van der Waals surface area contributed by atoms with Crippen LogP contribution in [0.3, 0.4) is 0 Å². The number of aliphatic hydroxyl groups is 2. The molecule has 0 spiro atoms. The first-order chi connectivity index (χ1) is 18.9. The van der Waals surface area contributed by atoms with Crippen molar-refractivity contribution in [2.45, 2.75) is 78.2 Å². The molecule has 0 saturated heterocycles. The summed E-state index contributed by atoms with van der Waals surface area (Å²) in [6.45, 7) is 7.79. The monoisotopic (exact) mass is 556 g/mol. The van der Waals surface area contributed by atoms with E-state index in [1.807, 2.05) is 0 Å². The third-order valence-corrected chi connectivity index (χ3v) is 9.37. The van der Waals surface area contributed by atoms with Crippen molar-refractivity contribution >= 4 is 23.5 Å². The van der Waals surface area contributed by atoms with Gasteiger partial charge in [0.1, 0.15) is 0 Å². The minimum Gasteiger partial charge on any atom is -0.458 e. The lowest BCUT2D eigenvalue weighted by Crippen LogP contribution is -2.25. The third kappa shape index (κ3) is 5.26. The zero-order chi connectivity index (χ0) is 28.9. The summed E-state index contributed by atoms with van der Waals surface area (Å²) in [7, 11) is 0. The maximum absolute atomic E-state index is 12.1. The lowest BCUT2D eigenvalue weighted by Gasteiger charge is -2.14. The number of rotatable bonds is 4. The normalized spacial score (nSPS) is 41.9. The first-order valence-corrected chi connectivity index (χ1v) is 13.9. The largest absolute Gasteiger partial charge is 0.458 e. The zero-order valence-corrected chi connectivity index (χ0v) is 23.1. The Bertz CT molecular complexity index is 1130. The fourth-order valence-electron chi connectivity index (χ4n) is 6.79. The van der Waals surface area contributed by atoms with Gasteiger partial charge in [-0.1, -0.05) is 13.8 Å². The lowest BCUT2D eigenvalue weighted by atomic mass is 9.90. The molecule has 4 fully saturated rings. The highest BCUT2D eigenvalue weighted by atomic mass is 16.7. The van der Waals surface area contributed by atoms with Gasteiger partial charge in [0.15, 0.2) is 11.6 Å². The molecule has 0 radical (unpaired) electrons. The molecule has 2 N–H and O–H groups in total. The summed E-state index contributed by atoms with van der Waals surface area (Å²) in [5.74, 6) is 0.882. The number of ketones is 2. The van der Waals surface area contributed by atoms with Gasteiger partial charge in [-0.15, -0.1) is 0 Å². The summed E-state index contributed by atoms with van der Waals surface area (Å²) in [5.41, 5.74) is 2.25. The second-order valence-electron chi connectivity index (χ2n) is 11.8. The molecular weight excluding hydrogens is 520 g/mol. The van der Waals surface area contributed by atoms with Crippen LogP contribution in [0, 0.1) is 35.5 Å². The van der Waals surface area contributed by atoms with Crippen molar-refractivity contribution in [3.63, 3.8) is 0 Å². The number of hydrogen-bond acceptors (Lipinski definition) is 10. The fraction of sp³-hybridized carbons (Fsp3) is 0.600. The Morgan fingerprint density at radius 1 is 0.775 bits per heavy atom. The van der Waals surface area contributed by atoms with Crippen LogP contribution in [0.2, 0.25) is 0 Å². The Hall–Kier alpha value is -3.24. The highest BCUT2D eigenvalue weighted by Crippen LogP contribution is 2.51. The number of ether oxygens (including phenoxy) is 4. The number of Topliss-reactive ketones (excluding diaryl/α,β-unsaturated/α-hetero) is 2. The molecule has 0 bridgehead atoms. The average molecular weight is 557 g/mol. The Labute approximate surface area is 232 Å². The van der Waals surface area contributed by atoms with Crippen molar-refractivity contribution in [3.8, 4) is 0 Å². The number of hydrogen-bond donors (Lipinski definition) is 2. The molecule has 0 amide bonds. The van der Waals surface area contributed by atoms with Gasteiger partial charge in [0.25, 0.3) is 12.6 Å². The molecule has 4 unspecified atom stereocenters. The molecule has 10 nitrogen and oxygen atoms in total. The summed E-state index contributed by atoms with van der Waals surface area (Å²) in [6, 6.07) is 0. The molecule has 10 heteroatoms. The standard InChI is InChI=1S/C16H20O4.C14H16O6/c1-8-4-12-11(10(8)3)6-14(17)13(12)7-19-15-5-9(2)16(18)20-15;1-6-2-12(20-14(6)18)19-5-9-7-3-11(16)13(17)8(7)4-10(9)15/h5,7-8,10-12,15H,4,6H2,1-3H3;2,5,7-8,11-13,16-17H,3-4H2,1H3/b13-7+;9-5+/t8?,10?,11-,12+,15-;7-,8-,11?,12+,13?/m10/s1. The summed E-state index contributed by atoms with van der Waals surface area (Å²) >= 11 is 0. The van der Waals surface area contributed by atoms with Gasteiger partial charge in [-0.25, -0.2) is 9.59 Å². The molecular formula is C30H36O10. The van der Waals surface area contributed by atoms with E-state index in [4.69, 9.17) is 18.9 Å². The van der Waals surface area contributed by atoms with E-state index in [0.29, 0.717) is 53.2 Å². The van der Waals surface area contributed by atoms with E-state index in [1.165, 1.54) is 18.6 Å². The third-order valence-electron chi connectivity index (χ3n) is 9.37. The zero-order valence-electron chi connectivity index (χ0n) is 23.1. The topological polar surface area (TPSA) is 146 Å². The van der Waals surface area contributed by atoms with E-state index >= 15 is 0 Å². The number of carbonyl (C=O) groups is 4. The highest BCUT2D eigenvalue weighted by molar-refractivity contribution is 5.99. The SMILES string of the molecule is CC1=C[C@H](O/C=C2/C(=O)C[C@@H]3C(C)C(C)C[C@H]23)OC1=O.CC1=C[C@H](O/C=C2/C(=O)C[C@@H]3C(O)C(O)C[C@H]23)OC1=O. The molecule has 216 valence electrons. The number of cyclic esters (lactones) is 2. The Morgan fingerprint density at radius 2 is 1.25 bits per heavy atom. The van der Waals surface area contributed by atoms with Gasteiger partial charge < -0.3 is 29.2 Å². The predicted octanol–water partition coefficient (Wildman–Crippen LogP) is 2.64. The molecule has 4 aliphatic carbocycles. The Balaban J connectivity index is 0.000000161. The van der Waals surface area contributed by atoms with Crippen molar-refractivity contribution in [2.75, 3.05) is 0 Å². The lowest BCUT2D eigenvalue weighted by molar-refractivity contribution is -0.153. The van der Waals surface area contributed by atoms with E-state index in [-0.39, 0.29) is 35.8 Å². The quantitative estimate of drug-likeness (QED) is 0.301. The second-order valence-corrected chi connectivity index (χ2v) is 11.8. The Morgan fingerprint density at radius 3 is 1.73 bits per heavy atom. The minimum atomic E-state index is -0.860. The van der Waals surface area contributed by atoms with Crippen molar-refractivity contribution in [1.29, 1.82) is 0 Å². The van der Waals surface area contributed by atoms with Crippen LogP contribution >= 0.6 is 0 Å². The summed E-state index contributed by atoms with van der Waals surface area (Å²) in [5, 5.41) is 19.5. The summed E-state index contributed by atoms with van der Waals surface area (Å²) in [6.07, 6.45) is 5.12. The number of aliphatic hydroxyl groups excluding tert-OH is 2. The van der Waals surface area contributed by atoms with E-state index in [9.17, 15) is 29.4 Å². The molecule has 6 rings (SSSR count). The van der Waals surface area contributed by atoms with Crippen molar-refractivity contribution in [3.05, 3.63) is 47.0 Å². The number of esters is 2. The van der Waals surface area contributed by atoms with E-state index in [2.05, 4.69) is 13.8 Å². The molecule has 0 aromatic carbocycles. The molecule has 0 aromatic rings. The van der Waals surface area contributed by atoms with Crippen LogP contribution in [0.5, 0.6) is 0 Å². The minimum absolute atomic E-state index is 0.0871. The van der Waals surface area contributed by atoms with Gasteiger partial charge in [0.05, 0.1) is 24.7 Å². The van der Waals surface area contributed by atoms with Crippen molar-refractivity contribution in [2.24, 2.45) is 35.5 Å². The maximum Gasteiger partial charge on any atom is 0.336 e. The van der Waals surface area contributed by atoms with Crippen molar-refractivity contribution in [1.82, 2.24) is 0 Å². The molecule has 0 aromatic heterocycles. The summed E-state index contributed by atoms with van der Waals surface area (Å²) in [4.78, 5) is 46.5. The number of carbonyl (C=O) groups excluding carboxylic acids is 4. The van der Waals surface area contributed by atoms with E-state index < -0.39 is 30.8 Å². The average Bonchev–Trinajstić information content (AvgIpc) is 3.69. The number of fused-ring (bicyclic) bond motifs is 2. The van der Waals surface area contributed by atoms with Crippen LogP contribution in [0.4, 0.5) is 0 Å². The second kappa shape index (κ2) is 11.0. The maximum atomic E-state index is 12.1. The van der Waals surface area contributed by atoms with Gasteiger partial charge >= 0.3 is 11.9 Å². The summed E-state index contributed by atoms with van der Waals surface area (Å²) < 4.78 is 20.7. The molecule has 2 aliphatic heterocycles. The van der Waals surface area contributed by atoms with Crippen molar-refractivity contribution < 1.29 is 48.3 Å². The first-order valence-electron chi connectivity index (χ1n) is 13.9. The van der Waals surface area contributed by atoms with Crippen LogP contribution in [0.1, 0.15) is 53.4 Å². The molecule has 6 aliphatic rings. The highest BCUT2D eigenvalue weighted by Gasteiger charge is 2.50. The van der Waals surface area contributed by atoms with Crippen LogP contribution in [0.25, 0.3) is 0 Å². The van der Waals surface area contributed by atoms with E-state index in [0.717, 1.165) is 12.0 Å². The van der Waals surface area contributed by atoms with Gasteiger partial charge in [-0.3, -0.25) is 9.59 Å². The van der Waals surface area contributed by atoms with Crippen LogP contribution in [-0.4, -0.2) is 58.5 Å². The van der Waals surface area contributed by atoms with Crippen LogP contribution in [-0.2, 0) is 38.1 Å². The van der Waals surface area contributed by atoms with Gasteiger partial charge in [-0.05, 0) is 56.3 Å². The van der Waals surface area contributed by atoms with Gasteiger partial charge in [0, 0.05) is 53.2 Å². The molecule has 4 saturated carbocycles. The van der Waals surface area contributed by atoms with Crippen LogP contribution < -0.4 is 0 Å². The predicted molar refractivity (Wildman–Crippen MR) is 138 cm³/mol. The van der Waals surface area contributed by atoms with Crippen LogP contribution in [0.15, 0.2) is 47.0 Å². The molecule has 10 atom stereocenters. The fourth-order valence-corrected chi connectivity index (χ4v) is 6.79. The van der Waals surface area contributed by atoms with Gasteiger partial charge in [-0.2, -0.15) is 0 Å². The van der Waals surface area contributed by atoms with E-state index in [1.54, 1.807) is 19.9 Å². The molecule has 40 heavy (non-hydrogen) atoms. The first kappa shape index (κ1) is 28.3. The number of allylic oxidation sites excluding steroid dienone is 2. The van der Waals surface area contributed by atoms with Gasteiger partial charge in [0.2, 0.25) is 0 Å².